The summed E-state index contributed by atoms with van der Waals surface area (Å²) in [5.41, 5.74) is 0. The Kier molecular flexibility index (Phi) is 4.74. The first-order chi connectivity index (χ1) is 10.8. The Balaban J connectivity index is 1.41. The molecule has 6 nitrogen and oxygen atoms in total. The molecule has 0 aromatic carbocycles. The number of likely N-dealkylation sites (tertiary alicyclic amines) is 1. The van der Waals surface area contributed by atoms with E-state index < -0.39 is 0 Å². The second kappa shape index (κ2) is 6.93. The Morgan fingerprint density at radius 2 is 2.32 bits per heavy atom. The lowest BCUT2D eigenvalue weighted by Crippen LogP contribution is -2.42. The molecule has 1 saturated carbocycles. The van der Waals surface area contributed by atoms with Crippen LogP contribution in [-0.2, 0) is 11.3 Å². The van der Waals surface area contributed by atoms with Gasteiger partial charge in [0.1, 0.15) is 6.04 Å². The molecule has 1 aromatic rings. The highest BCUT2D eigenvalue weighted by molar-refractivity contribution is 5.79. The topological polar surface area (TPSA) is 74.0 Å². The first-order valence-corrected chi connectivity index (χ1v) is 8.16. The molecule has 1 amide bonds. The van der Waals surface area contributed by atoms with Crippen LogP contribution >= 0.6 is 0 Å². The van der Waals surface area contributed by atoms with Gasteiger partial charge >= 0.3 is 0 Å². The second-order valence-corrected chi connectivity index (χ2v) is 6.36. The minimum atomic E-state index is -0.217. The maximum absolute atomic E-state index is 12.2. The van der Waals surface area contributed by atoms with Crippen molar-refractivity contribution in [1.82, 2.24) is 20.0 Å². The fraction of sp³-hybridized carbons (Fsp3) is 0.688. The smallest absolute Gasteiger partial charge is 0.237 e. The summed E-state index contributed by atoms with van der Waals surface area (Å²) in [4.78, 5) is 13.9. The number of carbonyl (C=O) groups is 1. The fourth-order valence-electron chi connectivity index (χ4n) is 3.63. The van der Waals surface area contributed by atoms with Crippen molar-refractivity contribution in [3.8, 4) is 6.07 Å². The molecule has 1 aromatic heterocycles. The van der Waals surface area contributed by atoms with Crippen molar-refractivity contribution in [2.75, 3.05) is 13.1 Å². The van der Waals surface area contributed by atoms with Crippen LogP contribution in [0.1, 0.15) is 32.1 Å². The lowest BCUT2D eigenvalue weighted by Gasteiger charge is -2.21. The summed E-state index contributed by atoms with van der Waals surface area (Å²) in [6.07, 6.45) is 8.95. The molecular formula is C16H23N5O. The third kappa shape index (κ3) is 3.47. The average molecular weight is 301 g/mol. The van der Waals surface area contributed by atoms with Crippen LogP contribution in [-0.4, -0.2) is 45.8 Å². The Labute approximate surface area is 131 Å². The lowest BCUT2D eigenvalue weighted by molar-refractivity contribution is -0.130. The molecule has 1 aliphatic carbocycles. The summed E-state index contributed by atoms with van der Waals surface area (Å²) in [5, 5.41) is 16.7. The van der Waals surface area contributed by atoms with Crippen LogP contribution in [0, 0.1) is 17.2 Å². The summed E-state index contributed by atoms with van der Waals surface area (Å²) in [7, 11) is 0. The first-order valence-electron chi connectivity index (χ1n) is 8.16. The fourth-order valence-corrected chi connectivity index (χ4v) is 3.63. The molecule has 2 heterocycles. The van der Waals surface area contributed by atoms with Crippen molar-refractivity contribution in [1.29, 1.82) is 5.26 Å². The molecule has 22 heavy (non-hydrogen) atoms. The van der Waals surface area contributed by atoms with Crippen molar-refractivity contribution in [2.24, 2.45) is 5.92 Å². The molecule has 1 N–H and O–H groups in total. The van der Waals surface area contributed by atoms with E-state index in [4.69, 9.17) is 5.26 Å². The second-order valence-electron chi connectivity index (χ2n) is 6.36. The van der Waals surface area contributed by atoms with Crippen LogP contribution in [0.25, 0.3) is 0 Å². The number of hydrogen-bond donors (Lipinski definition) is 1. The molecule has 2 aliphatic rings. The van der Waals surface area contributed by atoms with E-state index in [2.05, 4.69) is 16.5 Å². The quantitative estimate of drug-likeness (QED) is 0.885. The van der Waals surface area contributed by atoms with Gasteiger partial charge in [-0.15, -0.1) is 0 Å². The van der Waals surface area contributed by atoms with E-state index >= 15 is 0 Å². The highest BCUT2D eigenvalue weighted by Crippen LogP contribution is 2.26. The normalized spacial score (nSPS) is 28.0. The summed E-state index contributed by atoms with van der Waals surface area (Å²) in [6.45, 7) is 2.05. The average Bonchev–Trinajstić information content (AvgIpc) is 3.26. The van der Waals surface area contributed by atoms with Gasteiger partial charge in [-0.3, -0.25) is 9.48 Å². The van der Waals surface area contributed by atoms with Crippen LogP contribution in [0.2, 0.25) is 0 Å². The van der Waals surface area contributed by atoms with Gasteiger partial charge in [-0.1, -0.05) is 0 Å². The molecule has 6 heteroatoms. The van der Waals surface area contributed by atoms with Gasteiger partial charge in [-0.05, 0) is 44.1 Å². The number of carbonyl (C=O) groups excluding carboxylic acids is 1. The van der Waals surface area contributed by atoms with Crippen molar-refractivity contribution < 1.29 is 4.79 Å². The van der Waals surface area contributed by atoms with E-state index in [9.17, 15) is 4.79 Å². The predicted molar refractivity (Wildman–Crippen MR) is 81.7 cm³/mol. The third-order valence-corrected chi connectivity index (χ3v) is 4.81. The molecule has 1 aliphatic heterocycles. The van der Waals surface area contributed by atoms with Gasteiger partial charge in [0.15, 0.2) is 0 Å². The van der Waals surface area contributed by atoms with Crippen LogP contribution in [0.5, 0.6) is 0 Å². The minimum absolute atomic E-state index is 0.0691. The summed E-state index contributed by atoms with van der Waals surface area (Å²) < 4.78 is 1.99. The Bertz CT molecular complexity index is 535. The highest BCUT2D eigenvalue weighted by atomic mass is 16.2. The maximum atomic E-state index is 12.2. The largest absolute Gasteiger partial charge is 0.326 e. The zero-order valence-corrected chi connectivity index (χ0v) is 12.8. The Hall–Kier alpha value is -1.87. The molecule has 1 saturated heterocycles. The van der Waals surface area contributed by atoms with Crippen LogP contribution in [0.3, 0.4) is 0 Å². The number of nitriles is 1. The molecular weight excluding hydrogens is 278 g/mol. The zero-order valence-electron chi connectivity index (χ0n) is 12.8. The first kappa shape index (κ1) is 15.0. The van der Waals surface area contributed by atoms with Crippen molar-refractivity contribution in [2.45, 2.75) is 50.7 Å². The van der Waals surface area contributed by atoms with Gasteiger partial charge in [-0.2, -0.15) is 10.4 Å². The van der Waals surface area contributed by atoms with Crippen molar-refractivity contribution >= 4 is 5.91 Å². The van der Waals surface area contributed by atoms with E-state index in [1.54, 1.807) is 4.90 Å². The Morgan fingerprint density at radius 3 is 3.09 bits per heavy atom. The van der Waals surface area contributed by atoms with Gasteiger partial charge in [0, 0.05) is 31.5 Å². The van der Waals surface area contributed by atoms with E-state index in [1.165, 1.54) is 6.42 Å². The number of rotatable bonds is 5. The molecule has 0 spiro atoms. The summed E-state index contributed by atoms with van der Waals surface area (Å²) >= 11 is 0. The molecule has 2 fully saturated rings. The zero-order chi connectivity index (χ0) is 15.4. The Morgan fingerprint density at radius 1 is 1.41 bits per heavy atom. The van der Waals surface area contributed by atoms with Crippen molar-refractivity contribution in [3.05, 3.63) is 18.5 Å². The van der Waals surface area contributed by atoms with E-state index in [0.29, 0.717) is 18.5 Å². The van der Waals surface area contributed by atoms with Gasteiger partial charge < -0.3 is 10.2 Å². The van der Waals surface area contributed by atoms with E-state index in [1.807, 2.05) is 23.1 Å². The lowest BCUT2D eigenvalue weighted by atomic mass is 10.1. The van der Waals surface area contributed by atoms with Crippen LogP contribution in [0.15, 0.2) is 18.5 Å². The number of aromatic nitrogens is 2. The van der Waals surface area contributed by atoms with Crippen LogP contribution < -0.4 is 5.32 Å². The van der Waals surface area contributed by atoms with E-state index in [0.717, 1.165) is 38.8 Å². The number of nitrogens with one attached hydrogen (secondary N) is 1. The molecule has 3 unspecified atom stereocenters. The highest BCUT2D eigenvalue weighted by Gasteiger charge is 2.30. The molecule has 3 rings (SSSR count). The summed E-state index contributed by atoms with van der Waals surface area (Å²) in [6, 6.07) is 4.36. The van der Waals surface area contributed by atoms with Gasteiger partial charge in [0.25, 0.3) is 0 Å². The van der Waals surface area contributed by atoms with Gasteiger partial charge in [0.2, 0.25) is 5.91 Å². The number of amides is 1. The predicted octanol–water partition coefficient (Wildman–Crippen LogP) is 1.16. The van der Waals surface area contributed by atoms with Gasteiger partial charge in [0.05, 0.1) is 12.6 Å². The molecule has 0 radical (unpaired) electrons. The maximum Gasteiger partial charge on any atom is 0.237 e. The van der Waals surface area contributed by atoms with Gasteiger partial charge in [-0.25, -0.2) is 0 Å². The standard InChI is InChI=1S/C16H23N5O/c17-10-15-3-1-8-21(15)16(22)11-18-14-5-4-13(9-14)12-20-7-2-6-19-20/h2,6-7,13-15,18H,1,3-5,8-9,11-12H2. The number of nitrogens with zero attached hydrogens (tertiary/aromatic N) is 4. The minimum Gasteiger partial charge on any atom is -0.326 e. The molecule has 3 atom stereocenters. The summed E-state index contributed by atoms with van der Waals surface area (Å²) in [5.74, 6) is 0.700. The number of hydrogen-bond acceptors (Lipinski definition) is 4. The monoisotopic (exact) mass is 301 g/mol. The SMILES string of the molecule is N#CC1CCCN1C(=O)CNC1CCC(Cn2cccn2)C1. The van der Waals surface area contributed by atoms with E-state index in [-0.39, 0.29) is 11.9 Å². The molecule has 118 valence electrons. The van der Waals surface area contributed by atoms with Crippen molar-refractivity contribution in [3.63, 3.8) is 0 Å². The van der Waals surface area contributed by atoms with Crippen LogP contribution in [0.4, 0.5) is 0 Å². The third-order valence-electron chi connectivity index (χ3n) is 4.81. The molecule has 0 bridgehead atoms.